The van der Waals surface area contributed by atoms with Crippen molar-refractivity contribution in [1.82, 2.24) is 9.97 Å². The van der Waals surface area contributed by atoms with E-state index in [0.29, 0.717) is 17.4 Å². The lowest BCUT2D eigenvalue weighted by molar-refractivity contribution is 0.111. The average Bonchev–Trinajstić information content (AvgIpc) is 2.03. The smallest absolute Gasteiger partial charge is 0.168 e. The molecule has 1 aromatic heterocycles. The van der Waals surface area contributed by atoms with E-state index in [1.165, 1.54) is 0 Å². The predicted octanol–water partition coefficient (Wildman–Crippen LogP) is 1.72. The third-order valence-corrected chi connectivity index (χ3v) is 1.59. The minimum atomic E-state index is 0.338. The Morgan fingerprint density at radius 3 is 2.58 bits per heavy atom. The molecule has 1 rings (SSSR count). The molecule has 0 aromatic carbocycles. The zero-order valence-corrected chi connectivity index (χ0v) is 7.53. The van der Waals surface area contributed by atoms with Gasteiger partial charge in [0.2, 0.25) is 0 Å². The summed E-state index contributed by atoms with van der Waals surface area (Å²) in [6.45, 7) is 5.87. The standard InChI is InChI=1S/C9H12N2O/c1-6(2)9-4-8(5-12)10-7(3)11-9/h4-6H,1-3H3. The lowest BCUT2D eigenvalue weighted by atomic mass is 10.1. The normalized spacial score (nSPS) is 10.3. The molecule has 64 valence electrons. The van der Waals surface area contributed by atoms with Gasteiger partial charge in [-0.15, -0.1) is 0 Å². The Morgan fingerprint density at radius 2 is 2.08 bits per heavy atom. The van der Waals surface area contributed by atoms with Crippen LogP contribution in [-0.2, 0) is 0 Å². The average molecular weight is 164 g/mol. The van der Waals surface area contributed by atoms with Gasteiger partial charge in [-0.3, -0.25) is 4.79 Å². The first-order chi connectivity index (χ1) is 5.63. The number of carbonyl (C=O) groups excluding carboxylic acids is 1. The molecule has 12 heavy (non-hydrogen) atoms. The van der Waals surface area contributed by atoms with Crippen LogP contribution < -0.4 is 0 Å². The van der Waals surface area contributed by atoms with Crippen LogP contribution in [0.2, 0.25) is 0 Å². The van der Waals surface area contributed by atoms with Gasteiger partial charge in [0, 0.05) is 5.69 Å². The number of aromatic nitrogens is 2. The number of aldehydes is 1. The molecule has 0 aliphatic carbocycles. The number of hydrogen-bond acceptors (Lipinski definition) is 3. The molecule has 1 heterocycles. The van der Waals surface area contributed by atoms with E-state index in [4.69, 9.17) is 0 Å². The summed E-state index contributed by atoms with van der Waals surface area (Å²) in [6.07, 6.45) is 0.751. The fourth-order valence-corrected chi connectivity index (χ4v) is 0.971. The van der Waals surface area contributed by atoms with Crippen LogP contribution in [0.5, 0.6) is 0 Å². The van der Waals surface area contributed by atoms with Gasteiger partial charge in [-0.25, -0.2) is 9.97 Å². The van der Waals surface area contributed by atoms with E-state index in [-0.39, 0.29) is 0 Å². The number of aryl methyl sites for hydroxylation is 1. The van der Waals surface area contributed by atoms with Gasteiger partial charge in [0.05, 0.1) is 0 Å². The molecule has 0 fully saturated rings. The SMILES string of the molecule is Cc1nc(C=O)cc(C(C)C)n1. The highest BCUT2D eigenvalue weighted by atomic mass is 16.1. The molecule has 0 saturated heterocycles. The molecule has 0 radical (unpaired) electrons. The Kier molecular flexibility index (Phi) is 2.53. The van der Waals surface area contributed by atoms with Gasteiger partial charge in [0.25, 0.3) is 0 Å². The summed E-state index contributed by atoms with van der Waals surface area (Å²) in [6, 6.07) is 1.73. The van der Waals surface area contributed by atoms with Crippen molar-refractivity contribution >= 4 is 6.29 Å². The molecular weight excluding hydrogens is 152 g/mol. The maximum absolute atomic E-state index is 10.4. The molecule has 0 bridgehead atoms. The Balaban J connectivity index is 3.14. The van der Waals surface area contributed by atoms with Gasteiger partial charge < -0.3 is 0 Å². The first kappa shape index (κ1) is 8.84. The highest BCUT2D eigenvalue weighted by molar-refractivity contribution is 5.71. The van der Waals surface area contributed by atoms with Crippen molar-refractivity contribution in [2.45, 2.75) is 26.7 Å². The summed E-state index contributed by atoms with van der Waals surface area (Å²) in [7, 11) is 0. The van der Waals surface area contributed by atoms with Crippen LogP contribution in [0.4, 0.5) is 0 Å². The lowest BCUT2D eigenvalue weighted by Gasteiger charge is -2.04. The second-order valence-corrected chi connectivity index (χ2v) is 3.04. The molecule has 0 spiro atoms. The van der Waals surface area contributed by atoms with Gasteiger partial charge in [-0.1, -0.05) is 13.8 Å². The molecule has 3 heteroatoms. The Bertz CT molecular complexity index is 295. The zero-order chi connectivity index (χ0) is 9.14. The second-order valence-electron chi connectivity index (χ2n) is 3.04. The first-order valence-electron chi connectivity index (χ1n) is 3.94. The highest BCUT2D eigenvalue weighted by Gasteiger charge is 2.03. The number of carbonyl (C=O) groups is 1. The number of hydrogen-bond donors (Lipinski definition) is 0. The van der Waals surface area contributed by atoms with Crippen LogP contribution in [0, 0.1) is 6.92 Å². The molecule has 0 amide bonds. The number of rotatable bonds is 2. The maximum atomic E-state index is 10.4. The largest absolute Gasteiger partial charge is 0.296 e. The van der Waals surface area contributed by atoms with Crippen LogP contribution >= 0.6 is 0 Å². The minimum absolute atomic E-state index is 0.338. The van der Waals surface area contributed by atoms with Crippen molar-refractivity contribution in [2.75, 3.05) is 0 Å². The van der Waals surface area contributed by atoms with E-state index in [9.17, 15) is 4.79 Å². The molecule has 3 nitrogen and oxygen atoms in total. The minimum Gasteiger partial charge on any atom is -0.296 e. The molecular formula is C9H12N2O. The van der Waals surface area contributed by atoms with E-state index >= 15 is 0 Å². The van der Waals surface area contributed by atoms with Gasteiger partial charge in [-0.2, -0.15) is 0 Å². The molecule has 0 aliphatic rings. The molecule has 1 aromatic rings. The maximum Gasteiger partial charge on any atom is 0.168 e. The van der Waals surface area contributed by atoms with Crippen molar-refractivity contribution in [3.63, 3.8) is 0 Å². The van der Waals surface area contributed by atoms with Crippen LogP contribution in [0.3, 0.4) is 0 Å². The Labute approximate surface area is 71.9 Å². The third-order valence-electron chi connectivity index (χ3n) is 1.59. The monoisotopic (exact) mass is 164 g/mol. The van der Waals surface area contributed by atoms with E-state index in [2.05, 4.69) is 9.97 Å². The zero-order valence-electron chi connectivity index (χ0n) is 7.53. The lowest BCUT2D eigenvalue weighted by Crippen LogP contribution is -2.00. The van der Waals surface area contributed by atoms with Crippen molar-refractivity contribution in [2.24, 2.45) is 0 Å². The molecule has 0 atom stereocenters. The van der Waals surface area contributed by atoms with Crippen LogP contribution in [0.15, 0.2) is 6.07 Å². The quantitative estimate of drug-likeness (QED) is 0.625. The fourth-order valence-electron chi connectivity index (χ4n) is 0.971. The summed E-state index contributed by atoms with van der Waals surface area (Å²) in [5.41, 5.74) is 1.39. The summed E-state index contributed by atoms with van der Waals surface area (Å²) < 4.78 is 0. The van der Waals surface area contributed by atoms with Crippen molar-refractivity contribution < 1.29 is 4.79 Å². The Morgan fingerprint density at radius 1 is 1.42 bits per heavy atom. The molecule has 0 saturated carbocycles. The topological polar surface area (TPSA) is 42.9 Å². The molecule has 0 unspecified atom stereocenters. The summed E-state index contributed by atoms with van der Waals surface area (Å²) >= 11 is 0. The second kappa shape index (κ2) is 3.43. The summed E-state index contributed by atoms with van der Waals surface area (Å²) in [4.78, 5) is 18.6. The van der Waals surface area contributed by atoms with Crippen molar-refractivity contribution in [3.05, 3.63) is 23.3 Å². The number of nitrogens with zero attached hydrogens (tertiary/aromatic N) is 2. The summed E-state index contributed by atoms with van der Waals surface area (Å²) in [5, 5.41) is 0. The van der Waals surface area contributed by atoms with E-state index in [0.717, 1.165) is 12.0 Å². The van der Waals surface area contributed by atoms with Gasteiger partial charge >= 0.3 is 0 Å². The van der Waals surface area contributed by atoms with Crippen LogP contribution in [-0.4, -0.2) is 16.3 Å². The molecule has 0 N–H and O–H groups in total. The fraction of sp³-hybridized carbons (Fsp3) is 0.444. The third kappa shape index (κ3) is 1.87. The van der Waals surface area contributed by atoms with Crippen molar-refractivity contribution in [1.29, 1.82) is 0 Å². The first-order valence-corrected chi connectivity index (χ1v) is 3.94. The van der Waals surface area contributed by atoms with Gasteiger partial charge in [0.1, 0.15) is 11.5 Å². The van der Waals surface area contributed by atoms with Crippen LogP contribution in [0.25, 0.3) is 0 Å². The van der Waals surface area contributed by atoms with Gasteiger partial charge in [-0.05, 0) is 18.9 Å². The van der Waals surface area contributed by atoms with E-state index in [1.54, 1.807) is 13.0 Å². The van der Waals surface area contributed by atoms with E-state index < -0.39 is 0 Å². The van der Waals surface area contributed by atoms with Gasteiger partial charge in [0.15, 0.2) is 6.29 Å². The van der Waals surface area contributed by atoms with Crippen LogP contribution in [0.1, 0.15) is 41.8 Å². The van der Waals surface area contributed by atoms with Crippen molar-refractivity contribution in [3.8, 4) is 0 Å². The van der Waals surface area contributed by atoms with E-state index in [1.807, 2.05) is 13.8 Å². The molecule has 0 aliphatic heterocycles. The summed E-state index contributed by atoms with van der Waals surface area (Å²) in [5.74, 6) is 0.994. The Hall–Kier alpha value is -1.25. The predicted molar refractivity (Wildman–Crippen MR) is 46.2 cm³/mol. The highest BCUT2D eigenvalue weighted by Crippen LogP contribution is 2.11.